The Balaban J connectivity index is 0.00000289. The maximum absolute atomic E-state index is 6.41. The maximum atomic E-state index is 6.41. The van der Waals surface area contributed by atoms with Gasteiger partial charge >= 0.3 is 21.1 Å². The molecule has 0 radical (unpaired) electrons. The summed E-state index contributed by atoms with van der Waals surface area (Å²) in [5, 5.41) is 1.94. The smallest absolute Gasteiger partial charge is 0.503 e. The van der Waals surface area contributed by atoms with Crippen LogP contribution in [0.3, 0.4) is 0 Å². The van der Waals surface area contributed by atoms with Gasteiger partial charge in [-0.2, -0.15) is 6.07 Å². The second-order valence-corrected chi connectivity index (χ2v) is 9.07. The first kappa shape index (κ1) is 25.6. The molecular weight excluding hydrogens is 679 g/mol. The van der Waals surface area contributed by atoms with Crippen molar-refractivity contribution < 1.29 is 30.2 Å². The molecule has 40 heavy (non-hydrogen) atoms. The van der Waals surface area contributed by atoms with Crippen LogP contribution >= 0.6 is 0 Å². The number of para-hydroxylation sites is 2. The van der Waals surface area contributed by atoms with Gasteiger partial charge in [0.2, 0.25) is 0 Å². The van der Waals surface area contributed by atoms with Crippen LogP contribution in [-0.2, 0) is 28.1 Å². The molecule has 0 saturated carbocycles. The van der Waals surface area contributed by atoms with Gasteiger partial charge in [-0.15, -0.1) is 18.2 Å². The van der Waals surface area contributed by atoms with E-state index in [4.69, 9.17) is 9.15 Å². The zero-order chi connectivity index (χ0) is 26.2. The van der Waals surface area contributed by atoms with Crippen LogP contribution in [0.5, 0.6) is 11.5 Å². The number of aromatic nitrogens is 3. The third-order valence-electron chi connectivity index (χ3n) is 6.54. The van der Waals surface area contributed by atoms with E-state index in [1.54, 1.807) is 12.4 Å². The van der Waals surface area contributed by atoms with Gasteiger partial charge in [-0.25, -0.2) is 4.98 Å². The summed E-state index contributed by atoms with van der Waals surface area (Å²) in [6.45, 7) is 0. The van der Waals surface area contributed by atoms with Gasteiger partial charge in [0.05, 0.1) is 11.4 Å². The Hall–Kier alpha value is -4.67. The number of pyridine rings is 1. The first-order valence-corrected chi connectivity index (χ1v) is 12.6. The van der Waals surface area contributed by atoms with Crippen molar-refractivity contribution in [3.63, 3.8) is 0 Å². The largest absolute Gasteiger partial charge is 2.00 e. The predicted octanol–water partition coefficient (Wildman–Crippen LogP) is 8.24. The minimum atomic E-state index is 0. The number of anilines is 3. The molecule has 196 valence electrons. The van der Waals surface area contributed by atoms with E-state index in [1.165, 1.54) is 0 Å². The van der Waals surface area contributed by atoms with E-state index in [1.807, 2.05) is 120 Å². The molecule has 0 aliphatic rings. The Morgan fingerprint density at radius 2 is 1.60 bits per heavy atom. The van der Waals surface area contributed by atoms with E-state index in [9.17, 15) is 0 Å². The summed E-state index contributed by atoms with van der Waals surface area (Å²) in [4.78, 5) is 11.2. The molecule has 0 N–H and O–H groups in total. The van der Waals surface area contributed by atoms with Crippen molar-refractivity contribution >= 4 is 39.1 Å². The second-order valence-electron chi connectivity index (χ2n) is 9.07. The second kappa shape index (κ2) is 10.8. The third kappa shape index (κ3) is 4.67. The molecule has 3 aromatic heterocycles. The number of ether oxygens (including phenoxy) is 1. The molecule has 6 nitrogen and oxygen atoms in total. The molecule has 0 unspecified atom stereocenters. The van der Waals surface area contributed by atoms with E-state index >= 15 is 0 Å². The van der Waals surface area contributed by atoms with Crippen molar-refractivity contribution in [3.05, 3.63) is 128 Å². The Morgan fingerprint density at radius 1 is 0.775 bits per heavy atom. The van der Waals surface area contributed by atoms with Crippen molar-refractivity contribution in [2.45, 2.75) is 0 Å². The van der Waals surface area contributed by atoms with E-state index in [2.05, 4.69) is 22.1 Å². The molecular formula is C33H22N4O2Pt. The Bertz CT molecular complexity index is 1880. The van der Waals surface area contributed by atoms with Crippen molar-refractivity contribution in [2.75, 3.05) is 4.90 Å². The van der Waals surface area contributed by atoms with E-state index in [0.717, 1.165) is 50.5 Å². The average molecular weight is 702 g/mol. The number of rotatable bonds is 6. The van der Waals surface area contributed by atoms with Crippen LogP contribution in [0.1, 0.15) is 0 Å². The maximum Gasteiger partial charge on any atom is 2.00 e. The van der Waals surface area contributed by atoms with Gasteiger partial charge < -0.3 is 18.6 Å². The third-order valence-corrected chi connectivity index (χ3v) is 6.54. The minimum Gasteiger partial charge on any atom is -0.503 e. The van der Waals surface area contributed by atoms with Crippen molar-refractivity contribution in [1.29, 1.82) is 0 Å². The number of fused-ring (bicyclic) bond motifs is 3. The van der Waals surface area contributed by atoms with Gasteiger partial charge in [-0.05, 0) is 30.3 Å². The molecule has 0 bridgehead atoms. The van der Waals surface area contributed by atoms with Crippen LogP contribution in [-0.4, -0.2) is 14.5 Å². The topological polar surface area (TPSA) is 56.3 Å². The molecule has 4 aromatic carbocycles. The fraction of sp³-hybridized carbons (Fsp3) is 0.0303. The molecule has 7 heteroatoms. The Labute approximate surface area is 245 Å². The normalized spacial score (nSPS) is 10.9. The number of benzene rings is 4. The minimum absolute atomic E-state index is 0. The van der Waals surface area contributed by atoms with Crippen molar-refractivity contribution in [2.24, 2.45) is 7.05 Å². The number of furan rings is 1. The number of nitrogens with zero attached hydrogens (tertiary/aromatic N) is 4. The number of hydrogen-bond donors (Lipinski definition) is 0. The molecule has 0 aliphatic heterocycles. The molecule has 0 aliphatic carbocycles. The molecule has 7 rings (SSSR count). The average Bonchev–Trinajstić information content (AvgIpc) is 3.58. The molecule has 3 heterocycles. The number of aryl methyl sites for hydroxylation is 1. The monoisotopic (exact) mass is 701 g/mol. The summed E-state index contributed by atoms with van der Waals surface area (Å²) in [5.74, 6) is 2.63. The van der Waals surface area contributed by atoms with Crippen LogP contribution < -0.4 is 9.64 Å². The van der Waals surface area contributed by atoms with Crippen LogP contribution in [0, 0.1) is 12.1 Å². The molecule has 0 amide bonds. The van der Waals surface area contributed by atoms with E-state index < -0.39 is 0 Å². The fourth-order valence-corrected chi connectivity index (χ4v) is 4.76. The molecule has 0 atom stereocenters. The zero-order valence-electron chi connectivity index (χ0n) is 21.4. The van der Waals surface area contributed by atoms with Gasteiger partial charge in [0.25, 0.3) is 0 Å². The quantitative estimate of drug-likeness (QED) is 0.164. The van der Waals surface area contributed by atoms with E-state index in [0.29, 0.717) is 11.5 Å². The number of imidazole rings is 1. The van der Waals surface area contributed by atoms with Crippen molar-refractivity contribution in [1.82, 2.24) is 14.5 Å². The Kier molecular flexibility index (Phi) is 6.93. The fourth-order valence-electron chi connectivity index (χ4n) is 4.76. The van der Waals surface area contributed by atoms with Gasteiger partial charge in [-0.1, -0.05) is 71.2 Å². The summed E-state index contributed by atoms with van der Waals surface area (Å²) >= 11 is 0. The summed E-state index contributed by atoms with van der Waals surface area (Å²) in [6, 6.07) is 38.5. The molecule has 7 aromatic rings. The van der Waals surface area contributed by atoms with E-state index in [-0.39, 0.29) is 21.1 Å². The van der Waals surface area contributed by atoms with Gasteiger partial charge in [0, 0.05) is 48.2 Å². The predicted molar refractivity (Wildman–Crippen MR) is 153 cm³/mol. The van der Waals surface area contributed by atoms with Crippen LogP contribution in [0.25, 0.3) is 33.3 Å². The standard InChI is InChI=1S/C33H22N4O2.Pt/c1-36-19-18-35-33(36)29-22-26(21-28-27-14-5-6-15-30(27)39-32(28)29)38-25-13-9-12-24(20-25)37(23-10-3-2-4-11-23)31-16-7-8-17-34-31;/h2-19,21H,1H3;/q-2;+2. The van der Waals surface area contributed by atoms with Gasteiger partial charge in [-0.3, -0.25) is 4.98 Å². The van der Waals surface area contributed by atoms with Crippen LogP contribution in [0.15, 0.2) is 120 Å². The summed E-state index contributed by atoms with van der Waals surface area (Å²) in [6.07, 6.45) is 5.45. The first-order chi connectivity index (χ1) is 19.2. The van der Waals surface area contributed by atoms with Crippen LogP contribution in [0.4, 0.5) is 17.2 Å². The first-order valence-electron chi connectivity index (χ1n) is 12.6. The summed E-state index contributed by atoms with van der Waals surface area (Å²) in [5.41, 5.74) is 4.04. The van der Waals surface area contributed by atoms with Crippen LogP contribution in [0.2, 0.25) is 0 Å². The Morgan fingerprint density at radius 3 is 2.40 bits per heavy atom. The SMILES string of the molecule is Cn1ccnc1-c1[c-]c(Oc2[c-]c(N(c3ccccc3)c3ccccn3)ccc2)cc2c1oc1ccccc12.[Pt+2]. The summed E-state index contributed by atoms with van der Waals surface area (Å²) in [7, 11) is 1.95. The molecule has 0 spiro atoms. The van der Waals surface area contributed by atoms with Crippen molar-refractivity contribution in [3.8, 4) is 22.9 Å². The molecule has 0 saturated heterocycles. The van der Waals surface area contributed by atoms with Gasteiger partial charge in [0.15, 0.2) is 0 Å². The number of hydrogen-bond acceptors (Lipinski definition) is 5. The zero-order valence-corrected chi connectivity index (χ0v) is 23.7. The molecule has 0 fully saturated rings. The summed E-state index contributed by atoms with van der Waals surface area (Å²) < 4.78 is 14.6. The van der Waals surface area contributed by atoms with Gasteiger partial charge in [0.1, 0.15) is 11.4 Å².